The summed E-state index contributed by atoms with van der Waals surface area (Å²) in [4.78, 5) is 23.1. The molecule has 1 aromatic rings. The van der Waals surface area contributed by atoms with Crippen molar-refractivity contribution in [2.45, 2.75) is 50.5 Å². The van der Waals surface area contributed by atoms with E-state index in [2.05, 4.69) is 5.32 Å². The number of carboxylic acid groups (broad SMARTS) is 1. The predicted molar refractivity (Wildman–Crippen MR) is 80.8 cm³/mol. The maximum Gasteiger partial charge on any atom is 0.305 e. The number of nitrogens with one attached hydrogen (secondary N) is 1. The lowest BCUT2D eigenvalue weighted by Gasteiger charge is -2.28. The number of amides is 1. The van der Waals surface area contributed by atoms with Crippen LogP contribution >= 0.6 is 0 Å². The van der Waals surface area contributed by atoms with Crippen molar-refractivity contribution in [3.63, 3.8) is 0 Å². The van der Waals surface area contributed by atoms with Crippen molar-refractivity contribution in [3.05, 3.63) is 29.8 Å². The Balaban J connectivity index is 1.87. The molecular formula is C16H22N2O3. The van der Waals surface area contributed by atoms with Crippen LogP contribution in [0.3, 0.4) is 0 Å². The van der Waals surface area contributed by atoms with Crippen LogP contribution in [0.15, 0.2) is 24.3 Å². The van der Waals surface area contributed by atoms with Gasteiger partial charge in [-0.1, -0.05) is 25.0 Å². The number of hydrogen-bond acceptors (Lipinski definition) is 3. The van der Waals surface area contributed by atoms with Gasteiger partial charge in [-0.15, -0.1) is 0 Å². The fourth-order valence-electron chi connectivity index (χ4n) is 2.99. The van der Waals surface area contributed by atoms with E-state index in [4.69, 9.17) is 10.8 Å². The van der Waals surface area contributed by atoms with Gasteiger partial charge in [-0.25, -0.2) is 0 Å². The average Bonchev–Trinajstić information content (AvgIpc) is 2.85. The number of benzene rings is 1. The lowest BCUT2D eigenvalue weighted by molar-refractivity contribution is -0.139. The first-order chi connectivity index (χ1) is 9.99. The van der Waals surface area contributed by atoms with Gasteiger partial charge in [-0.05, 0) is 37.0 Å². The van der Waals surface area contributed by atoms with Crippen molar-refractivity contribution in [1.29, 1.82) is 0 Å². The molecule has 0 radical (unpaired) electrons. The van der Waals surface area contributed by atoms with Crippen LogP contribution in [0.1, 0.15) is 44.1 Å². The molecule has 1 saturated carbocycles. The van der Waals surface area contributed by atoms with Crippen LogP contribution in [0.25, 0.3) is 0 Å². The molecule has 0 saturated heterocycles. The molecule has 21 heavy (non-hydrogen) atoms. The van der Waals surface area contributed by atoms with Crippen LogP contribution in [0.5, 0.6) is 0 Å². The highest BCUT2D eigenvalue weighted by molar-refractivity contribution is 5.78. The molecule has 0 aromatic heterocycles. The van der Waals surface area contributed by atoms with Crippen LogP contribution in [0, 0.1) is 0 Å². The molecule has 0 spiro atoms. The molecule has 4 N–H and O–H groups in total. The van der Waals surface area contributed by atoms with Crippen LogP contribution in [0.4, 0.5) is 5.69 Å². The molecule has 2 rings (SSSR count). The molecule has 1 fully saturated rings. The highest BCUT2D eigenvalue weighted by Gasteiger charge is 2.37. The van der Waals surface area contributed by atoms with Gasteiger partial charge in [0.05, 0.1) is 12.0 Å². The zero-order chi connectivity index (χ0) is 15.3. The predicted octanol–water partition coefficient (Wildman–Crippen LogP) is 2.11. The zero-order valence-corrected chi connectivity index (χ0v) is 12.1. The normalized spacial score (nSPS) is 16.6. The summed E-state index contributed by atoms with van der Waals surface area (Å²) in [6, 6.07) is 7.45. The van der Waals surface area contributed by atoms with E-state index in [-0.39, 0.29) is 12.3 Å². The molecule has 0 aliphatic heterocycles. The number of nitrogens with two attached hydrogens (primary N) is 1. The quantitative estimate of drug-likeness (QED) is 0.700. The standard InChI is InChI=1S/C16H22N2O3/c17-13-6-3-12(4-7-13)5-8-14(19)18-16(11-15(20)21)9-1-2-10-16/h3-4,6-7H,1-2,5,8-11,17H2,(H,18,19)(H,20,21). The summed E-state index contributed by atoms with van der Waals surface area (Å²) in [5, 5.41) is 12.0. The smallest absolute Gasteiger partial charge is 0.305 e. The Morgan fingerprint density at radius 3 is 2.38 bits per heavy atom. The summed E-state index contributed by atoms with van der Waals surface area (Å²) in [7, 11) is 0. The second-order valence-corrected chi connectivity index (χ2v) is 5.85. The summed E-state index contributed by atoms with van der Waals surface area (Å²) < 4.78 is 0. The molecular weight excluding hydrogens is 268 g/mol. The molecule has 1 aliphatic rings. The number of carbonyl (C=O) groups is 2. The third kappa shape index (κ3) is 4.48. The Morgan fingerprint density at radius 2 is 1.81 bits per heavy atom. The lowest BCUT2D eigenvalue weighted by Crippen LogP contribution is -2.47. The largest absolute Gasteiger partial charge is 0.481 e. The molecule has 5 heteroatoms. The van der Waals surface area contributed by atoms with Crippen molar-refractivity contribution < 1.29 is 14.7 Å². The first kappa shape index (κ1) is 15.4. The van der Waals surface area contributed by atoms with E-state index < -0.39 is 11.5 Å². The Hall–Kier alpha value is -2.04. The van der Waals surface area contributed by atoms with Gasteiger partial charge in [0, 0.05) is 12.1 Å². The van der Waals surface area contributed by atoms with Gasteiger partial charge >= 0.3 is 5.97 Å². The molecule has 1 aliphatic carbocycles. The molecule has 0 heterocycles. The Labute approximate surface area is 124 Å². The summed E-state index contributed by atoms with van der Waals surface area (Å²) in [6.07, 6.45) is 4.48. The van der Waals surface area contributed by atoms with E-state index in [0.29, 0.717) is 18.5 Å². The number of hydrogen-bond donors (Lipinski definition) is 3. The molecule has 1 aromatic carbocycles. The van der Waals surface area contributed by atoms with Crippen molar-refractivity contribution in [1.82, 2.24) is 5.32 Å². The molecule has 0 unspecified atom stereocenters. The number of nitrogen functional groups attached to an aromatic ring is 1. The maximum atomic E-state index is 12.1. The van der Waals surface area contributed by atoms with E-state index >= 15 is 0 Å². The number of anilines is 1. The number of carbonyl (C=O) groups excluding carboxylic acids is 1. The second kappa shape index (κ2) is 6.61. The minimum atomic E-state index is -0.851. The number of aliphatic carboxylic acids is 1. The highest BCUT2D eigenvalue weighted by atomic mass is 16.4. The van der Waals surface area contributed by atoms with Crippen molar-refractivity contribution in [3.8, 4) is 0 Å². The van der Waals surface area contributed by atoms with Gasteiger partial charge in [0.1, 0.15) is 0 Å². The number of carboxylic acids is 1. The number of rotatable bonds is 6. The Bertz CT molecular complexity index is 505. The SMILES string of the molecule is Nc1ccc(CCC(=O)NC2(CC(=O)O)CCCC2)cc1. The number of aryl methyl sites for hydroxylation is 1. The second-order valence-electron chi connectivity index (χ2n) is 5.85. The zero-order valence-electron chi connectivity index (χ0n) is 12.1. The molecule has 0 bridgehead atoms. The van der Waals surface area contributed by atoms with Gasteiger partial charge in [0.25, 0.3) is 0 Å². The lowest BCUT2D eigenvalue weighted by atomic mass is 9.93. The minimum Gasteiger partial charge on any atom is -0.481 e. The molecule has 5 nitrogen and oxygen atoms in total. The Kier molecular flexibility index (Phi) is 4.83. The highest BCUT2D eigenvalue weighted by Crippen LogP contribution is 2.32. The van der Waals surface area contributed by atoms with Gasteiger partial charge in [-0.3, -0.25) is 9.59 Å². The summed E-state index contributed by atoms with van der Waals surface area (Å²) >= 11 is 0. The van der Waals surface area contributed by atoms with Crippen LogP contribution < -0.4 is 11.1 Å². The Morgan fingerprint density at radius 1 is 1.19 bits per heavy atom. The summed E-state index contributed by atoms with van der Waals surface area (Å²) in [6.45, 7) is 0. The van der Waals surface area contributed by atoms with Crippen LogP contribution in [-0.2, 0) is 16.0 Å². The van der Waals surface area contributed by atoms with Gasteiger partial charge in [-0.2, -0.15) is 0 Å². The fraction of sp³-hybridized carbons (Fsp3) is 0.500. The first-order valence-electron chi connectivity index (χ1n) is 7.36. The van der Waals surface area contributed by atoms with E-state index in [1.54, 1.807) is 0 Å². The van der Waals surface area contributed by atoms with E-state index in [1.807, 2.05) is 24.3 Å². The minimum absolute atomic E-state index is 0.0145. The van der Waals surface area contributed by atoms with Gasteiger partial charge in [0.2, 0.25) is 5.91 Å². The molecule has 1 amide bonds. The molecule has 0 atom stereocenters. The topological polar surface area (TPSA) is 92.4 Å². The summed E-state index contributed by atoms with van der Waals surface area (Å²) in [5.74, 6) is -0.925. The summed E-state index contributed by atoms with van der Waals surface area (Å²) in [5.41, 5.74) is 6.84. The van der Waals surface area contributed by atoms with Crippen LogP contribution in [0.2, 0.25) is 0 Å². The van der Waals surface area contributed by atoms with E-state index in [0.717, 1.165) is 31.2 Å². The monoisotopic (exact) mass is 290 g/mol. The molecule has 114 valence electrons. The van der Waals surface area contributed by atoms with E-state index in [1.165, 1.54) is 0 Å². The maximum absolute atomic E-state index is 12.1. The fourth-order valence-corrected chi connectivity index (χ4v) is 2.99. The first-order valence-corrected chi connectivity index (χ1v) is 7.36. The average molecular weight is 290 g/mol. The third-order valence-electron chi connectivity index (χ3n) is 4.08. The van der Waals surface area contributed by atoms with Crippen molar-refractivity contribution >= 4 is 17.6 Å². The van der Waals surface area contributed by atoms with Crippen LogP contribution in [-0.4, -0.2) is 22.5 Å². The third-order valence-corrected chi connectivity index (χ3v) is 4.08. The van der Waals surface area contributed by atoms with Gasteiger partial charge < -0.3 is 16.2 Å². The van der Waals surface area contributed by atoms with Crippen molar-refractivity contribution in [2.24, 2.45) is 0 Å². The van der Waals surface area contributed by atoms with Crippen molar-refractivity contribution in [2.75, 3.05) is 5.73 Å². The van der Waals surface area contributed by atoms with Gasteiger partial charge in [0.15, 0.2) is 0 Å². The van der Waals surface area contributed by atoms with E-state index in [9.17, 15) is 9.59 Å².